The minimum Gasteiger partial charge on any atom is -0.408 e. The Hall–Kier alpha value is -4.08. The van der Waals surface area contributed by atoms with Crippen molar-refractivity contribution in [2.75, 3.05) is 24.6 Å². The van der Waals surface area contributed by atoms with Gasteiger partial charge in [-0.25, -0.2) is 9.78 Å². The summed E-state index contributed by atoms with van der Waals surface area (Å²) in [5, 5.41) is 7.06. The summed E-state index contributed by atoms with van der Waals surface area (Å²) >= 11 is 0. The molecular formula is C21H23N7O3. The SMILES string of the molecule is Cn1cc(-c2cnc(N)c(C(=O)N[C@@H]3CCN(C(=O)Oc4ccccc4N)C3)c2)cn1. The number of amides is 2. The van der Waals surface area contributed by atoms with Crippen LogP contribution in [0.15, 0.2) is 48.9 Å². The number of hydrogen-bond donors (Lipinski definition) is 3. The quantitative estimate of drug-likeness (QED) is 0.544. The van der Waals surface area contributed by atoms with Gasteiger partial charge in [0.25, 0.3) is 5.91 Å². The Balaban J connectivity index is 1.39. The second kappa shape index (κ2) is 8.34. The zero-order chi connectivity index (χ0) is 22.0. The lowest BCUT2D eigenvalue weighted by molar-refractivity contribution is 0.0937. The highest BCUT2D eigenvalue weighted by molar-refractivity contribution is 5.99. The summed E-state index contributed by atoms with van der Waals surface area (Å²) in [5.74, 6) is 0.105. The number of carbonyl (C=O) groups is 2. The first-order chi connectivity index (χ1) is 14.9. The zero-order valence-corrected chi connectivity index (χ0v) is 17.0. The van der Waals surface area contributed by atoms with E-state index in [4.69, 9.17) is 16.2 Å². The molecule has 2 aromatic heterocycles. The van der Waals surface area contributed by atoms with E-state index in [2.05, 4.69) is 15.4 Å². The Labute approximate surface area is 178 Å². The molecule has 1 fully saturated rings. The van der Waals surface area contributed by atoms with Crippen molar-refractivity contribution in [3.63, 3.8) is 0 Å². The number of nitrogens with zero attached hydrogens (tertiary/aromatic N) is 4. The van der Waals surface area contributed by atoms with Gasteiger partial charge in [-0.3, -0.25) is 9.48 Å². The number of anilines is 2. The van der Waals surface area contributed by atoms with E-state index in [1.165, 1.54) is 4.90 Å². The molecule has 4 rings (SSSR count). The van der Waals surface area contributed by atoms with Gasteiger partial charge in [0.05, 0.1) is 17.4 Å². The molecule has 5 N–H and O–H groups in total. The topological polar surface area (TPSA) is 141 Å². The molecule has 3 heterocycles. The first-order valence-electron chi connectivity index (χ1n) is 9.77. The normalized spacial score (nSPS) is 15.6. The van der Waals surface area contributed by atoms with Crippen LogP contribution in [-0.2, 0) is 7.05 Å². The second-order valence-electron chi connectivity index (χ2n) is 7.37. The van der Waals surface area contributed by atoms with Gasteiger partial charge in [-0.1, -0.05) is 12.1 Å². The maximum atomic E-state index is 12.8. The van der Waals surface area contributed by atoms with Crippen molar-refractivity contribution < 1.29 is 14.3 Å². The Bertz CT molecular complexity index is 1130. The average Bonchev–Trinajstić information content (AvgIpc) is 3.39. The molecular weight excluding hydrogens is 398 g/mol. The van der Waals surface area contributed by atoms with Gasteiger partial charge in [0, 0.05) is 49.7 Å². The third kappa shape index (κ3) is 4.42. The molecule has 1 aliphatic heterocycles. The van der Waals surface area contributed by atoms with Crippen molar-refractivity contribution in [3.8, 4) is 16.9 Å². The van der Waals surface area contributed by atoms with E-state index in [0.717, 1.165) is 11.1 Å². The molecule has 2 amide bonds. The maximum Gasteiger partial charge on any atom is 0.415 e. The van der Waals surface area contributed by atoms with Gasteiger partial charge in [-0.2, -0.15) is 5.10 Å². The summed E-state index contributed by atoms with van der Waals surface area (Å²) in [5.41, 5.74) is 14.0. The van der Waals surface area contributed by atoms with Crippen LogP contribution in [0.2, 0.25) is 0 Å². The predicted molar refractivity (Wildman–Crippen MR) is 115 cm³/mol. The number of benzene rings is 1. The van der Waals surface area contributed by atoms with Gasteiger partial charge in [0.2, 0.25) is 0 Å². The van der Waals surface area contributed by atoms with Crippen molar-refractivity contribution >= 4 is 23.5 Å². The molecule has 0 bridgehead atoms. The first-order valence-corrected chi connectivity index (χ1v) is 9.77. The number of hydrogen-bond acceptors (Lipinski definition) is 7. The van der Waals surface area contributed by atoms with Crippen LogP contribution in [0.4, 0.5) is 16.3 Å². The monoisotopic (exact) mass is 421 g/mol. The van der Waals surface area contributed by atoms with Crippen molar-refractivity contribution in [1.82, 2.24) is 25.0 Å². The third-order valence-corrected chi connectivity index (χ3v) is 5.10. The van der Waals surface area contributed by atoms with Gasteiger partial charge in [0.1, 0.15) is 5.82 Å². The van der Waals surface area contributed by atoms with E-state index in [0.29, 0.717) is 30.9 Å². The molecule has 0 radical (unpaired) electrons. The fraction of sp³-hybridized carbons (Fsp3) is 0.238. The number of rotatable bonds is 4. The Morgan fingerprint density at radius 2 is 2.00 bits per heavy atom. The summed E-state index contributed by atoms with van der Waals surface area (Å²) in [6, 6.07) is 8.26. The first kappa shape index (κ1) is 20.2. The summed E-state index contributed by atoms with van der Waals surface area (Å²) < 4.78 is 7.03. The maximum absolute atomic E-state index is 12.8. The molecule has 160 valence electrons. The van der Waals surface area contributed by atoms with Crippen LogP contribution in [0, 0.1) is 0 Å². The summed E-state index contributed by atoms with van der Waals surface area (Å²) in [6.07, 6.45) is 5.21. The Kier molecular flexibility index (Phi) is 5.44. The van der Waals surface area contributed by atoms with E-state index in [9.17, 15) is 9.59 Å². The lowest BCUT2D eigenvalue weighted by Gasteiger charge is -2.17. The third-order valence-electron chi connectivity index (χ3n) is 5.10. The highest BCUT2D eigenvalue weighted by Gasteiger charge is 2.29. The number of nitrogens with one attached hydrogen (secondary N) is 1. The smallest absolute Gasteiger partial charge is 0.408 e. The largest absolute Gasteiger partial charge is 0.415 e. The molecule has 1 aromatic carbocycles. The second-order valence-corrected chi connectivity index (χ2v) is 7.37. The van der Waals surface area contributed by atoms with E-state index in [1.807, 2.05) is 13.2 Å². The number of pyridine rings is 1. The van der Waals surface area contributed by atoms with Crippen molar-refractivity contribution in [1.29, 1.82) is 0 Å². The number of aryl methyl sites for hydroxylation is 1. The van der Waals surface area contributed by atoms with Gasteiger partial charge >= 0.3 is 6.09 Å². The molecule has 1 aliphatic rings. The molecule has 31 heavy (non-hydrogen) atoms. The number of carbonyl (C=O) groups excluding carboxylic acids is 2. The van der Waals surface area contributed by atoms with Crippen LogP contribution >= 0.6 is 0 Å². The van der Waals surface area contributed by atoms with Gasteiger partial charge in [-0.15, -0.1) is 0 Å². The van der Waals surface area contributed by atoms with E-state index in [-0.39, 0.29) is 23.3 Å². The Morgan fingerprint density at radius 1 is 1.19 bits per heavy atom. The lowest BCUT2D eigenvalue weighted by Crippen LogP contribution is -2.39. The Morgan fingerprint density at radius 3 is 2.74 bits per heavy atom. The summed E-state index contributed by atoms with van der Waals surface area (Å²) in [4.78, 5) is 30.9. The molecule has 0 unspecified atom stereocenters. The minimum absolute atomic E-state index is 0.138. The molecule has 3 aromatic rings. The zero-order valence-electron chi connectivity index (χ0n) is 17.0. The number of para-hydroxylation sites is 2. The van der Waals surface area contributed by atoms with Crippen molar-refractivity contribution in [3.05, 3.63) is 54.5 Å². The fourth-order valence-electron chi connectivity index (χ4n) is 3.42. The number of likely N-dealkylation sites (tertiary alicyclic amines) is 1. The highest BCUT2D eigenvalue weighted by Crippen LogP contribution is 2.23. The molecule has 1 atom stereocenters. The molecule has 10 nitrogen and oxygen atoms in total. The molecule has 0 spiro atoms. The molecule has 1 saturated heterocycles. The molecule has 0 aliphatic carbocycles. The van der Waals surface area contributed by atoms with Gasteiger partial charge in [0.15, 0.2) is 5.75 Å². The highest BCUT2D eigenvalue weighted by atomic mass is 16.6. The van der Waals surface area contributed by atoms with E-state index >= 15 is 0 Å². The fourth-order valence-corrected chi connectivity index (χ4v) is 3.42. The number of nitrogens with two attached hydrogens (primary N) is 2. The van der Waals surface area contributed by atoms with Crippen LogP contribution < -0.4 is 21.5 Å². The van der Waals surface area contributed by atoms with Crippen LogP contribution in [0.5, 0.6) is 5.75 Å². The lowest BCUT2D eigenvalue weighted by atomic mass is 10.1. The standard InChI is InChI=1S/C21H23N7O3/c1-27-11-14(10-25-27)13-8-16(19(23)24-9-13)20(29)26-15-6-7-28(12-15)21(30)31-18-5-3-2-4-17(18)22/h2-5,8-11,15H,6-7,12,22H2,1H3,(H2,23,24)(H,26,29)/t15-/m1/s1. The number of nitrogen functional groups attached to an aromatic ring is 2. The van der Waals surface area contributed by atoms with Crippen LogP contribution in [-0.4, -0.2) is 50.8 Å². The van der Waals surface area contributed by atoms with Crippen LogP contribution in [0.3, 0.4) is 0 Å². The van der Waals surface area contributed by atoms with Crippen molar-refractivity contribution in [2.45, 2.75) is 12.5 Å². The summed E-state index contributed by atoms with van der Waals surface area (Å²) in [7, 11) is 1.81. The van der Waals surface area contributed by atoms with E-state index in [1.54, 1.807) is 47.4 Å². The minimum atomic E-state index is -0.505. The van der Waals surface area contributed by atoms with Crippen LogP contribution in [0.25, 0.3) is 11.1 Å². The van der Waals surface area contributed by atoms with Crippen molar-refractivity contribution in [2.24, 2.45) is 7.05 Å². The van der Waals surface area contributed by atoms with Gasteiger partial charge in [-0.05, 0) is 24.6 Å². The van der Waals surface area contributed by atoms with E-state index < -0.39 is 6.09 Å². The summed E-state index contributed by atoms with van der Waals surface area (Å²) in [6.45, 7) is 0.785. The van der Waals surface area contributed by atoms with Crippen LogP contribution in [0.1, 0.15) is 16.8 Å². The number of aromatic nitrogens is 3. The number of ether oxygens (including phenoxy) is 1. The molecule has 0 saturated carbocycles. The predicted octanol–water partition coefficient (Wildman–Crippen LogP) is 1.65. The molecule has 10 heteroatoms. The average molecular weight is 421 g/mol. The van der Waals surface area contributed by atoms with Gasteiger partial charge < -0.3 is 26.4 Å².